The van der Waals surface area contributed by atoms with Gasteiger partial charge < -0.3 is 9.47 Å². The van der Waals surface area contributed by atoms with Crippen LogP contribution in [0.15, 0.2) is 72.8 Å². The second-order valence-corrected chi connectivity index (χ2v) is 8.63. The van der Waals surface area contributed by atoms with Gasteiger partial charge in [-0.25, -0.2) is 0 Å². The van der Waals surface area contributed by atoms with Gasteiger partial charge in [0.1, 0.15) is 11.5 Å². The topological polar surface area (TPSA) is 52.6 Å². The Morgan fingerprint density at radius 2 is 1.16 bits per heavy atom. The highest BCUT2D eigenvalue weighted by Gasteiger charge is 2.73. The summed E-state index contributed by atoms with van der Waals surface area (Å²) in [5.41, 5.74) is -1.01. The second-order valence-electron chi connectivity index (χ2n) is 8.63. The van der Waals surface area contributed by atoms with Gasteiger partial charge >= 0.3 is 11.9 Å². The molecule has 0 radical (unpaired) electrons. The summed E-state index contributed by atoms with van der Waals surface area (Å²) in [4.78, 5) is 24.2. The summed E-state index contributed by atoms with van der Waals surface area (Å²) in [6.45, 7) is 2.85. The van der Waals surface area contributed by atoms with Crippen molar-refractivity contribution in [2.75, 3.05) is 0 Å². The maximum Gasteiger partial charge on any atom is 0.307 e. The van der Waals surface area contributed by atoms with Crippen LogP contribution in [0.4, 0.5) is 0 Å². The first-order valence-electron chi connectivity index (χ1n) is 10.4. The fourth-order valence-corrected chi connectivity index (χ4v) is 5.40. The van der Waals surface area contributed by atoms with Gasteiger partial charge in [-0.3, -0.25) is 9.59 Å². The largest absolute Gasteiger partial charge is 0.430 e. The predicted octanol–water partition coefficient (Wildman–Crippen LogP) is 3.85. The lowest BCUT2D eigenvalue weighted by Gasteiger charge is -2.30. The molecule has 0 N–H and O–H groups in total. The monoisotopic (exact) mass is 408 g/mol. The molecule has 3 aromatic rings. The van der Waals surface area contributed by atoms with Crippen molar-refractivity contribution in [3.63, 3.8) is 0 Å². The van der Waals surface area contributed by atoms with Crippen LogP contribution in [-0.4, -0.2) is 11.9 Å². The average Bonchev–Trinajstić information content (AvgIpc) is 3.45. The van der Waals surface area contributed by atoms with Crippen LogP contribution in [0.25, 0.3) is 33.1 Å². The molecule has 2 unspecified atom stereocenters. The lowest BCUT2D eigenvalue weighted by molar-refractivity contribution is -0.136. The first kappa shape index (κ1) is 18.1. The number of fused-ring (bicyclic) bond motifs is 3. The molecular formula is C27H20O4. The van der Waals surface area contributed by atoms with Crippen molar-refractivity contribution in [3.8, 4) is 0 Å². The van der Waals surface area contributed by atoms with Gasteiger partial charge in [-0.1, -0.05) is 48.6 Å². The number of hydrogen-bond donors (Lipinski definition) is 0. The standard InChI is InChI=1S/C27H20O4/c1-16(28)30-24-22-13-20-11-18-7-3-4-8-19(18)12-21(20)14-23(22)25(31-17(2)29)27-10-6-5-9-26(24,27)15-27/h3-14H,15H2,1-2H3. The Balaban J connectivity index is 1.80. The van der Waals surface area contributed by atoms with Crippen LogP contribution < -0.4 is 10.4 Å². The molecule has 4 nitrogen and oxygen atoms in total. The average molecular weight is 408 g/mol. The molecule has 1 saturated carbocycles. The minimum atomic E-state index is -0.504. The Morgan fingerprint density at radius 3 is 1.58 bits per heavy atom. The number of ether oxygens (including phenoxy) is 2. The maximum absolute atomic E-state index is 12.1. The molecule has 1 fully saturated rings. The molecule has 152 valence electrons. The van der Waals surface area contributed by atoms with Crippen LogP contribution in [-0.2, 0) is 19.1 Å². The smallest absolute Gasteiger partial charge is 0.307 e. The lowest BCUT2D eigenvalue weighted by atomic mass is 9.80. The Labute approximate surface area is 178 Å². The Morgan fingerprint density at radius 1 is 0.710 bits per heavy atom. The molecule has 4 heteroatoms. The summed E-state index contributed by atoms with van der Waals surface area (Å²) < 4.78 is 11.7. The number of benzene rings is 3. The van der Waals surface area contributed by atoms with E-state index in [0.717, 1.165) is 32.0 Å². The molecule has 0 heterocycles. The van der Waals surface area contributed by atoms with Gasteiger partial charge in [0.05, 0.1) is 10.8 Å². The van der Waals surface area contributed by atoms with Crippen molar-refractivity contribution in [2.24, 2.45) is 10.8 Å². The van der Waals surface area contributed by atoms with E-state index in [9.17, 15) is 9.59 Å². The highest BCUT2D eigenvalue weighted by Crippen LogP contribution is 2.75. The Hall–Kier alpha value is -3.66. The van der Waals surface area contributed by atoms with Crippen LogP contribution in [0.3, 0.4) is 0 Å². The molecule has 0 aromatic heterocycles. The normalized spacial score (nSPS) is 25.1. The van der Waals surface area contributed by atoms with E-state index in [0.29, 0.717) is 17.9 Å². The third-order valence-electron chi connectivity index (χ3n) is 6.73. The van der Waals surface area contributed by atoms with Crippen molar-refractivity contribution < 1.29 is 19.1 Å². The molecule has 0 saturated heterocycles. The fraction of sp³-hybridized carbons (Fsp3) is 0.185. The minimum absolute atomic E-state index is 0.353. The SMILES string of the molecule is CC(=O)OC1=c2cc3cc4ccccc4cc3cc2=C(OC(C)=O)C23C=CC=CC12C3. The third-order valence-corrected chi connectivity index (χ3v) is 6.73. The van der Waals surface area contributed by atoms with E-state index in [1.807, 2.05) is 24.3 Å². The van der Waals surface area contributed by atoms with Crippen molar-refractivity contribution in [2.45, 2.75) is 20.3 Å². The van der Waals surface area contributed by atoms with Crippen molar-refractivity contribution >= 4 is 45.0 Å². The molecule has 2 atom stereocenters. The van der Waals surface area contributed by atoms with Gasteiger partial charge in [0.2, 0.25) is 0 Å². The van der Waals surface area contributed by atoms with Gasteiger partial charge in [0.15, 0.2) is 0 Å². The van der Waals surface area contributed by atoms with E-state index in [2.05, 4.69) is 48.6 Å². The molecule has 31 heavy (non-hydrogen) atoms. The van der Waals surface area contributed by atoms with Gasteiger partial charge in [-0.05, 0) is 52.2 Å². The molecule has 3 aliphatic rings. The van der Waals surface area contributed by atoms with E-state index >= 15 is 0 Å². The lowest BCUT2D eigenvalue weighted by Crippen LogP contribution is -2.41. The Kier molecular flexibility index (Phi) is 3.48. The van der Waals surface area contributed by atoms with E-state index < -0.39 is 10.8 Å². The van der Waals surface area contributed by atoms with Gasteiger partial charge in [-0.2, -0.15) is 0 Å². The van der Waals surface area contributed by atoms with Crippen LogP contribution in [0.2, 0.25) is 0 Å². The number of hydrogen-bond acceptors (Lipinski definition) is 4. The number of carbonyl (C=O) groups excluding carboxylic acids is 2. The summed E-state index contributed by atoms with van der Waals surface area (Å²) in [6.07, 6.45) is 8.79. The highest BCUT2D eigenvalue weighted by molar-refractivity contribution is 5.99. The summed E-state index contributed by atoms with van der Waals surface area (Å²) >= 11 is 0. The zero-order valence-electron chi connectivity index (χ0n) is 17.3. The number of allylic oxidation sites excluding steroid dienone is 2. The van der Waals surface area contributed by atoms with Crippen LogP contribution in [0.1, 0.15) is 20.3 Å². The maximum atomic E-state index is 12.1. The summed E-state index contributed by atoms with van der Waals surface area (Å²) in [5.74, 6) is 0.574. The highest BCUT2D eigenvalue weighted by atomic mass is 16.5. The molecule has 0 bridgehead atoms. The van der Waals surface area contributed by atoms with Crippen LogP contribution in [0, 0.1) is 10.8 Å². The van der Waals surface area contributed by atoms with E-state index in [1.165, 1.54) is 13.8 Å². The molecular weight excluding hydrogens is 388 g/mol. The number of esters is 2. The third kappa shape index (κ3) is 2.36. The van der Waals surface area contributed by atoms with Gasteiger partial charge in [-0.15, -0.1) is 0 Å². The quantitative estimate of drug-likeness (QED) is 0.477. The Bertz CT molecular complexity index is 1410. The zero-order chi connectivity index (χ0) is 21.4. The number of carbonyl (C=O) groups is 2. The van der Waals surface area contributed by atoms with Crippen LogP contribution in [0.5, 0.6) is 0 Å². The number of rotatable bonds is 2. The molecule has 6 rings (SSSR count). The second kappa shape index (κ2) is 5.94. The van der Waals surface area contributed by atoms with E-state index in [1.54, 1.807) is 0 Å². The molecule has 3 aromatic carbocycles. The first-order valence-corrected chi connectivity index (χ1v) is 10.4. The molecule has 0 aliphatic heterocycles. The summed E-state index contributed by atoms with van der Waals surface area (Å²) in [7, 11) is 0. The summed E-state index contributed by atoms with van der Waals surface area (Å²) in [6, 6.07) is 16.6. The molecule has 0 spiro atoms. The first-order chi connectivity index (χ1) is 14.9. The van der Waals surface area contributed by atoms with Gasteiger partial charge in [0.25, 0.3) is 0 Å². The minimum Gasteiger partial charge on any atom is -0.430 e. The van der Waals surface area contributed by atoms with Crippen LogP contribution >= 0.6 is 0 Å². The fourth-order valence-electron chi connectivity index (χ4n) is 5.40. The zero-order valence-corrected chi connectivity index (χ0v) is 17.3. The molecule has 0 amide bonds. The van der Waals surface area contributed by atoms with Crippen molar-refractivity contribution in [3.05, 3.63) is 83.3 Å². The van der Waals surface area contributed by atoms with Crippen molar-refractivity contribution in [1.29, 1.82) is 0 Å². The van der Waals surface area contributed by atoms with E-state index in [-0.39, 0.29) is 11.9 Å². The predicted molar refractivity (Wildman–Crippen MR) is 119 cm³/mol. The summed E-state index contributed by atoms with van der Waals surface area (Å²) in [5, 5.41) is 5.99. The molecule has 3 aliphatic carbocycles. The van der Waals surface area contributed by atoms with Crippen molar-refractivity contribution in [1.82, 2.24) is 0 Å². The van der Waals surface area contributed by atoms with Gasteiger partial charge in [0, 0.05) is 24.3 Å². The van der Waals surface area contributed by atoms with E-state index in [4.69, 9.17) is 9.47 Å².